The molecule has 0 aromatic carbocycles. The van der Waals surface area contributed by atoms with Gasteiger partial charge in [0.1, 0.15) is 0 Å². The van der Waals surface area contributed by atoms with Crippen molar-refractivity contribution in [3.63, 3.8) is 0 Å². The summed E-state index contributed by atoms with van der Waals surface area (Å²) in [4.78, 5) is 0. The van der Waals surface area contributed by atoms with Crippen LogP contribution in [-0.4, -0.2) is 5.25 Å². The van der Waals surface area contributed by atoms with Crippen LogP contribution in [0.25, 0.3) is 0 Å². The summed E-state index contributed by atoms with van der Waals surface area (Å²) in [5.41, 5.74) is 0. The van der Waals surface area contributed by atoms with Gasteiger partial charge in [0, 0.05) is 10.6 Å². The van der Waals surface area contributed by atoms with Crippen molar-refractivity contribution in [3.8, 4) is 12.3 Å². The minimum atomic E-state index is -0.125. The molecule has 1 atom stereocenters. The van der Waals surface area contributed by atoms with E-state index >= 15 is 0 Å². The van der Waals surface area contributed by atoms with E-state index in [1.165, 1.54) is 0 Å². The summed E-state index contributed by atoms with van der Waals surface area (Å²) < 4.78 is 9.87. The second-order valence-corrected chi connectivity index (χ2v) is 1.92. The number of hydrogen-bond donors (Lipinski definition) is 0. The smallest absolute Gasteiger partial charge is 0.114 e. The summed E-state index contributed by atoms with van der Waals surface area (Å²) in [7, 11) is 0. The fraction of sp³-hybridized carbons (Fsp3) is 0.600. The maximum Gasteiger partial charge on any atom is 0.475 e. The maximum absolute atomic E-state index is 9.87. The van der Waals surface area contributed by atoms with Gasteiger partial charge in [0.25, 0.3) is 5.25 Å². The van der Waals surface area contributed by atoms with Crippen molar-refractivity contribution in [1.29, 1.82) is 0 Å². The van der Waals surface area contributed by atoms with Crippen molar-refractivity contribution in [2.24, 2.45) is 0 Å². The van der Waals surface area contributed by atoms with Crippen LogP contribution in [0.15, 0.2) is 0 Å². The van der Waals surface area contributed by atoms with Gasteiger partial charge in [-0.05, 0) is 5.92 Å². The first-order chi connectivity index (χ1) is 3.35. The van der Waals surface area contributed by atoms with Gasteiger partial charge in [0.2, 0.25) is 0 Å². The van der Waals surface area contributed by atoms with Crippen molar-refractivity contribution in [1.82, 2.24) is 0 Å². The molecule has 0 heterocycles. The van der Waals surface area contributed by atoms with Gasteiger partial charge in [-0.3, -0.25) is 0 Å². The lowest BCUT2D eigenvalue weighted by Gasteiger charge is -1.74. The summed E-state index contributed by atoms with van der Waals surface area (Å²) in [6.07, 6.45) is 5.69. The Balaban J connectivity index is 3.43. The topological polar surface area (TPSA) is 17.1 Å². The molecular weight excluding hydrogens is 108 g/mol. The third-order valence-corrected chi connectivity index (χ3v) is 1.37. The van der Waals surface area contributed by atoms with Gasteiger partial charge in [0.05, 0.1) is 0 Å². The lowest BCUT2D eigenvalue weighted by molar-refractivity contribution is 0.601. The number of terminal acetylenes is 1. The van der Waals surface area contributed by atoms with Gasteiger partial charge < -0.3 is 0 Å². The molecule has 0 bridgehead atoms. The Hall–Kier alpha value is -0.420. The molecule has 7 heavy (non-hydrogen) atoms. The fourth-order valence-electron chi connectivity index (χ4n) is 0.214. The van der Waals surface area contributed by atoms with E-state index in [0.717, 1.165) is 6.42 Å². The summed E-state index contributed by atoms with van der Waals surface area (Å²) in [6, 6.07) is 0. The predicted molar refractivity (Wildman–Crippen MR) is 31.0 cm³/mol. The Kier molecular flexibility index (Phi) is 3.53. The lowest BCUT2D eigenvalue weighted by atomic mass is 10.3. The molecule has 0 amide bonds. The quantitative estimate of drug-likeness (QED) is 0.385. The number of rotatable bonds is 2. The van der Waals surface area contributed by atoms with Crippen molar-refractivity contribution in [2.45, 2.75) is 18.6 Å². The van der Waals surface area contributed by atoms with Crippen LogP contribution in [0.1, 0.15) is 13.3 Å². The standard InChI is InChI=1S/C5H7OS/c1-3-5(4-2)7-6/h1,5H,4H2,2H3/q+1. The van der Waals surface area contributed by atoms with Crippen LogP contribution >= 0.6 is 0 Å². The largest absolute Gasteiger partial charge is 0.475 e. The van der Waals surface area contributed by atoms with Crippen LogP contribution in [-0.2, 0) is 15.9 Å². The van der Waals surface area contributed by atoms with E-state index in [1.807, 2.05) is 6.92 Å². The van der Waals surface area contributed by atoms with Crippen LogP contribution in [0.2, 0.25) is 0 Å². The highest BCUT2D eigenvalue weighted by molar-refractivity contribution is 7.66. The molecule has 1 unspecified atom stereocenters. The van der Waals surface area contributed by atoms with Crippen LogP contribution in [0.4, 0.5) is 0 Å². The summed E-state index contributed by atoms with van der Waals surface area (Å²) in [5.74, 6) is 2.35. The normalized spacial score (nSPS) is 12.0. The molecule has 2 heteroatoms. The molecule has 0 fully saturated rings. The molecule has 0 spiro atoms. The first-order valence-corrected chi connectivity index (χ1v) is 2.90. The van der Waals surface area contributed by atoms with Crippen molar-refractivity contribution < 1.29 is 4.21 Å². The average molecular weight is 115 g/mol. The van der Waals surface area contributed by atoms with Gasteiger partial charge in [-0.15, -0.1) is 6.42 Å². The van der Waals surface area contributed by atoms with Crippen LogP contribution in [0, 0.1) is 12.3 Å². The molecule has 0 saturated heterocycles. The van der Waals surface area contributed by atoms with Gasteiger partial charge in [-0.2, -0.15) is 0 Å². The van der Waals surface area contributed by atoms with E-state index in [9.17, 15) is 4.21 Å². The monoisotopic (exact) mass is 115 g/mol. The maximum atomic E-state index is 9.87. The molecule has 0 aliphatic heterocycles. The molecule has 0 N–H and O–H groups in total. The Morgan fingerprint density at radius 2 is 2.57 bits per heavy atom. The Bertz CT molecular complexity index is 92.7. The van der Waals surface area contributed by atoms with Gasteiger partial charge >= 0.3 is 11.7 Å². The highest BCUT2D eigenvalue weighted by Crippen LogP contribution is 1.87. The second kappa shape index (κ2) is 3.76. The molecule has 0 aliphatic rings. The first kappa shape index (κ1) is 6.58. The zero-order valence-corrected chi connectivity index (χ0v) is 4.99. The molecule has 0 aromatic heterocycles. The third-order valence-electron chi connectivity index (χ3n) is 0.673. The molecule has 0 rings (SSSR count). The van der Waals surface area contributed by atoms with Crippen LogP contribution < -0.4 is 0 Å². The minimum absolute atomic E-state index is 0.125. The summed E-state index contributed by atoms with van der Waals surface area (Å²) in [6.45, 7) is 1.90. The zero-order chi connectivity index (χ0) is 5.70. The fourth-order valence-corrected chi connectivity index (χ4v) is 0.405. The van der Waals surface area contributed by atoms with Crippen molar-refractivity contribution in [2.75, 3.05) is 0 Å². The Morgan fingerprint density at radius 3 is 2.57 bits per heavy atom. The SMILES string of the molecule is C#CC(CC)[S+]=O. The minimum Gasteiger partial charge on any atom is -0.114 e. The van der Waals surface area contributed by atoms with E-state index in [-0.39, 0.29) is 5.25 Å². The van der Waals surface area contributed by atoms with Crippen molar-refractivity contribution in [3.05, 3.63) is 0 Å². The molecule has 1 nitrogen and oxygen atoms in total. The van der Waals surface area contributed by atoms with Crippen molar-refractivity contribution >= 4 is 11.7 Å². The lowest BCUT2D eigenvalue weighted by Crippen LogP contribution is -1.96. The van der Waals surface area contributed by atoms with E-state index in [1.54, 1.807) is 0 Å². The molecule has 0 aromatic rings. The molecule has 0 aliphatic carbocycles. The van der Waals surface area contributed by atoms with Crippen LogP contribution in [0.3, 0.4) is 0 Å². The zero-order valence-electron chi connectivity index (χ0n) is 4.18. The van der Waals surface area contributed by atoms with Gasteiger partial charge in [-0.25, -0.2) is 0 Å². The average Bonchev–Trinajstić information content (AvgIpc) is 1.72. The molecule has 38 valence electrons. The van der Waals surface area contributed by atoms with Gasteiger partial charge in [-0.1, -0.05) is 6.92 Å². The highest BCUT2D eigenvalue weighted by Gasteiger charge is 2.12. The first-order valence-electron chi connectivity index (χ1n) is 2.10. The van der Waals surface area contributed by atoms with E-state index in [0.29, 0.717) is 11.7 Å². The van der Waals surface area contributed by atoms with Gasteiger partial charge in [0.15, 0.2) is 0 Å². The summed E-state index contributed by atoms with van der Waals surface area (Å²) >= 11 is 0.484. The number of hydrogen-bond acceptors (Lipinski definition) is 1. The van der Waals surface area contributed by atoms with E-state index in [4.69, 9.17) is 6.42 Å². The van der Waals surface area contributed by atoms with Crippen LogP contribution in [0.5, 0.6) is 0 Å². The predicted octanol–water partition coefficient (Wildman–Crippen LogP) is 0.826. The van der Waals surface area contributed by atoms with E-state index in [2.05, 4.69) is 5.92 Å². The summed E-state index contributed by atoms with van der Waals surface area (Å²) in [5, 5.41) is -0.125. The third kappa shape index (κ3) is 2.30. The highest BCUT2D eigenvalue weighted by atomic mass is 32.1. The Morgan fingerprint density at radius 1 is 2.00 bits per heavy atom. The molecule has 0 saturated carbocycles. The Labute approximate surface area is 47.6 Å². The van der Waals surface area contributed by atoms with E-state index < -0.39 is 0 Å². The second-order valence-electron chi connectivity index (χ2n) is 1.16. The molecular formula is C5H7OS+. The molecule has 0 radical (unpaired) electrons.